The summed E-state index contributed by atoms with van der Waals surface area (Å²) in [4.78, 5) is 106. The summed E-state index contributed by atoms with van der Waals surface area (Å²) in [6.45, 7) is 9.69. The lowest BCUT2D eigenvalue weighted by atomic mass is 9.90. The maximum absolute atomic E-state index is 14.7. The maximum Gasteiger partial charge on any atom is 0.244 e. The Hall–Kier alpha value is -7.35. The van der Waals surface area contributed by atoms with Gasteiger partial charge in [-0.2, -0.15) is 0 Å². The molecule has 0 bridgehead atoms. The Balaban J connectivity index is 1.35. The molecule has 1 aliphatic rings. The second-order valence-electron chi connectivity index (χ2n) is 18.1. The number of hydrogen-bond acceptors (Lipinski definition) is 9. The van der Waals surface area contributed by atoms with Gasteiger partial charge in [0.15, 0.2) is 11.6 Å². The van der Waals surface area contributed by atoms with Gasteiger partial charge in [0.25, 0.3) is 0 Å². The summed E-state index contributed by atoms with van der Waals surface area (Å²) in [6, 6.07) is 17.8. The van der Waals surface area contributed by atoms with E-state index in [0.29, 0.717) is 38.9 Å². The molecule has 1 aliphatic heterocycles. The van der Waals surface area contributed by atoms with Gasteiger partial charge in [0.1, 0.15) is 18.1 Å². The maximum atomic E-state index is 14.7. The number of aromatic nitrogens is 2. The Kier molecular flexibility index (Phi) is 18.8. The highest BCUT2D eigenvalue weighted by Crippen LogP contribution is 2.24. The molecular weight excluding hydrogens is 887 g/mol. The van der Waals surface area contributed by atoms with Crippen LogP contribution in [-0.4, -0.2) is 112 Å². The molecule has 5 aromatic rings. The van der Waals surface area contributed by atoms with Gasteiger partial charge in [0, 0.05) is 72.3 Å². The first-order chi connectivity index (χ1) is 33.7. The standard InChI is InChI=1S/C54H65N9O7/c1-5-25-63-26-15-13-21-43(36(4)64)59-54(70)47(28-37-17-7-6-8-18-37)61-51(67)38(29-39-32-56-44-22-11-9-19-41(39)44)31-49(65)35(3)58-53(69)48(30-40-33-57-45-23-12-10-20-42(40)45)62-52(68)46(24-14-16-27-63)60-50(66)34(2)55/h5-12,17-20,22-23,32-35,38,43,46-48,56-57H,1,13,15,21,24-31,55H2,2-4H3,(H,58,69)(H,59,70)(H,60,66)(H,61,67)(H,62,68)/t34-,35-,38+,43-,46+,47+,48+/m0/s1. The Labute approximate surface area is 408 Å². The number of benzene rings is 3. The summed E-state index contributed by atoms with van der Waals surface area (Å²) in [5.74, 6) is 1.36. The van der Waals surface area contributed by atoms with Crippen molar-refractivity contribution in [3.05, 3.63) is 121 Å². The van der Waals surface area contributed by atoms with Gasteiger partial charge in [0.2, 0.25) is 29.5 Å². The minimum Gasteiger partial charge on any atom is -0.361 e. The molecule has 0 fully saturated rings. The average molecular weight is 952 g/mol. The van der Waals surface area contributed by atoms with Crippen LogP contribution in [0.5, 0.6) is 0 Å². The van der Waals surface area contributed by atoms with Gasteiger partial charge in [-0.05, 0) is 81.8 Å². The van der Waals surface area contributed by atoms with Crippen molar-refractivity contribution in [1.82, 2.24) is 41.5 Å². The van der Waals surface area contributed by atoms with Crippen LogP contribution >= 0.6 is 0 Å². The van der Waals surface area contributed by atoms with Crippen LogP contribution in [-0.2, 0) is 52.8 Å². The number of amides is 5. The highest BCUT2D eigenvalue weighted by Gasteiger charge is 2.34. The van der Waals surface area contributed by atoms with Crippen molar-refractivity contribution in [3.63, 3.8) is 0 Å². The average Bonchev–Trinajstić information content (AvgIpc) is 3.95. The molecule has 0 unspecified atom stereocenters. The van der Waals surface area contributed by atoms with E-state index in [1.54, 1.807) is 18.5 Å². The number of nitrogens with zero attached hydrogens (tertiary/aromatic N) is 1. The van der Waals surface area contributed by atoms with E-state index in [2.05, 4.69) is 55.0 Å². The quantitative estimate of drug-likeness (QED) is 0.0711. The predicted molar refractivity (Wildman–Crippen MR) is 270 cm³/mol. The molecule has 70 heavy (non-hydrogen) atoms. The fourth-order valence-corrected chi connectivity index (χ4v) is 8.59. The van der Waals surface area contributed by atoms with Crippen LogP contribution in [0, 0.1) is 17.8 Å². The zero-order chi connectivity index (χ0) is 50.2. The summed E-state index contributed by atoms with van der Waals surface area (Å²) in [6.07, 6.45) is 6.66. The largest absolute Gasteiger partial charge is 0.361 e. The molecular formula is C54H65N9O7. The molecule has 2 aromatic heterocycles. The van der Waals surface area contributed by atoms with E-state index in [4.69, 9.17) is 5.73 Å². The Morgan fingerprint density at radius 2 is 1.37 bits per heavy atom. The number of nitrogens with two attached hydrogens (primary N) is 1. The van der Waals surface area contributed by atoms with Crippen LogP contribution in [0.4, 0.5) is 0 Å². The molecule has 3 heterocycles. The van der Waals surface area contributed by atoms with Crippen molar-refractivity contribution in [1.29, 1.82) is 0 Å². The van der Waals surface area contributed by atoms with E-state index in [0.717, 1.165) is 38.5 Å². The molecule has 16 nitrogen and oxygen atoms in total. The summed E-state index contributed by atoms with van der Waals surface area (Å²) >= 11 is 0. The Morgan fingerprint density at radius 3 is 2.01 bits per heavy atom. The van der Waals surface area contributed by atoms with E-state index in [-0.39, 0.29) is 37.9 Å². The first-order valence-corrected chi connectivity index (χ1v) is 23.9. The molecule has 6 rings (SSSR count). The van der Waals surface area contributed by atoms with Gasteiger partial charge >= 0.3 is 0 Å². The third-order valence-corrected chi connectivity index (χ3v) is 12.6. The van der Waals surface area contributed by atoms with Crippen LogP contribution in [0.15, 0.2) is 104 Å². The monoisotopic (exact) mass is 952 g/mol. The number of ketones is 2. The molecule has 0 spiro atoms. The van der Waals surface area contributed by atoms with Crippen LogP contribution in [0.2, 0.25) is 0 Å². The van der Waals surface area contributed by atoms with Crippen molar-refractivity contribution >= 4 is 62.9 Å². The molecule has 368 valence electrons. The van der Waals surface area contributed by atoms with Gasteiger partial charge in [0.05, 0.1) is 24.7 Å². The summed E-state index contributed by atoms with van der Waals surface area (Å²) in [5.41, 5.74) is 9.82. The molecule has 9 N–H and O–H groups in total. The van der Waals surface area contributed by atoms with Crippen LogP contribution in [0.1, 0.15) is 69.6 Å². The fraction of sp³-hybridized carbons (Fsp3) is 0.389. The van der Waals surface area contributed by atoms with E-state index in [9.17, 15) is 33.6 Å². The molecule has 0 aliphatic carbocycles. The minimum absolute atomic E-state index is 0.0135. The first-order valence-electron chi connectivity index (χ1n) is 23.9. The number of Topliss-reactive ketones (excluding diaryl/α,β-unsaturated/α-hetero) is 2. The smallest absolute Gasteiger partial charge is 0.244 e. The van der Waals surface area contributed by atoms with Crippen LogP contribution in [0.3, 0.4) is 0 Å². The zero-order valence-electron chi connectivity index (χ0n) is 40.1. The first kappa shape index (κ1) is 52.0. The highest BCUT2D eigenvalue weighted by atomic mass is 16.2. The number of carbonyl (C=O) groups excluding carboxylic acids is 7. The molecule has 0 saturated carbocycles. The molecule has 16 heteroatoms. The zero-order valence-corrected chi connectivity index (χ0v) is 40.1. The normalized spacial score (nSPS) is 22.5. The SMILES string of the molecule is C=CCN1CC#CC[C@@H](NC(=O)[C@H](C)N)C(=O)N[C@H](Cc2c[nH]c3ccccc23)C(=O)N[C@@H](C)C(=O)C[C@@H](Cc2c[nH]c3ccccc23)C(=O)N[C@H](Cc2ccccc2)C(=O)N[C@H](C(C)=O)CCCC1. The lowest BCUT2D eigenvalue weighted by Gasteiger charge is -2.26. The van der Waals surface area contributed by atoms with Gasteiger partial charge < -0.3 is 42.3 Å². The molecule has 0 radical (unpaired) electrons. The number of fused-ring (bicyclic) bond motifs is 2. The second-order valence-corrected chi connectivity index (χ2v) is 18.1. The van der Waals surface area contributed by atoms with Gasteiger partial charge in [-0.1, -0.05) is 84.6 Å². The van der Waals surface area contributed by atoms with Crippen molar-refractivity contribution < 1.29 is 33.6 Å². The summed E-state index contributed by atoms with van der Waals surface area (Å²) < 4.78 is 0. The number of para-hydroxylation sites is 2. The number of hydrogen-bond donors (Lipinski definition) is 8. The Bertz CT molecular complexity index is 2720. The molecule has 3 aromatic carbocycles. The van der Waals surface area contributed by atoms with E-state index in [1.165, 1.54) is 20.8 Å². The number of H-pyrrole nitrogens is 2. The third kappa shape index (κ3) is 14.6. The van der Waals surface area contributed by atoms with Crippen molar-refractivity contribution in [2.75, 3.05) is 19.6 Å². The van der Waals surface area contributed by atoms with E-state index < -0.39 is 77.5 Å². The van der Waals surface area contributed by atoms with Gasteiger partial charge in [-0.3, -0.25) is 38.5 Å². The number of nitrogens with one attached hydrogen (secondary N) is 7. The molecule has 5 amide bonds. The highest BCUT2D eigenvalue weighted by molar-refractivity contribution is 5.98. The number of rotatable bonds is 11. The Morgan fingerprint density at radius 1 is 0.771 bits per heavy atom. The van der Waals surface area contributed by atoms with Crippen molar-refractivity contribution in [2.45, 2.75) is 108 Å². The van der Waals surface area contributed by atoms with Crippen molar-refractivity contribution in [3.8, 4) is 11.8 Å². The van der Waals surface area contributed by atoms with Crippen molar-refractivity contribution in [2.24, 2.45) is 11.7 Å². The predicted octanol–water partition coefficient (Wildman–Crippen LogP) is 3.70. The fourth-order valence-electron chi connectivity index (χ4n) is 8.59. The second kappa shape index (κ2) is 25.3. The number of carbonyl (C=O) groups is 7. The third-order valence-electron chi connectivity index (χ3n) is 12.6. The van der Waals surface area contributed by atoms with E-state index in [1.807, 2.05) is 83.8 Å². The van der Waals surface area contributed by atoms with Gasteiger partial charge in [-0.25, -0.2) is 0 Å². The lowest BCUT2D eigenvalue weighted by Crippen LogP contribution is -2.57. The number of aromatic amines is 2. The summed E-state index contributed by atoms with van der Waals surface area (Å²) in [5, 5.41) is 15.9. The van der Waals surface area contributed by atoms with E-state index >= 15 is 0 Å². The van der Waals surface area contributed by atoms with Crippen LogP contribution in [0.25, 0.3) is 21.8 Å². The lowest BCUT2D eigenvalue weighted by molar-refractivity contribution is -0.135. The molecule has 7 atom stereocenters. The molecule has 0 saturated heterocycles. The van der Waals surface area contributed by atoms with Crippen LogP contribution < -0.4 is 32.3 Å². The minimum atomic E-state index is -1.23. The topological polar surface area (TPSA) is 240 Å². The summed E-state index contributed by atoms with van der Waals surface area (Å²) in [7, 11) is 0. The van der Waals surface area contributed by atoms with Gasteiger partial charge in [-0.15, -0.1) is 6.58 Å².